The lowest BCUT2D eigenvalue weighted by atomic mass is 10.2. The van der Waals surface area contributed by atoms with Gasteiger partial charge in [0.05, 0.1) is 21.7 Å². The fourth-order valence-electron chi connectivity index (χ4n) is 2.21. The number of hydrogen-bond donors (Lipinski definition) is 1. The second-order valence-corrected chi connectivity index (χ2v) is 4.90. The molecule has 20 heavy (non-hydrogen) atoms. The van der Waals surface area contributed by atoms with Crippen LogP contribution in [0.15, 0.2) is 30.3 Å². The third-order valence-corrected chi connectivity index (χ3v) is 3.41. The Labute approximate surface area is 118 Å². The van der Waals surface area contributed by atoms with Crippen LogP contribution in [-0.4, -0.2) is 9.55 Å². The Morgan fingerprint density at radius 3 is 2.65 bits per heavy atom. The average molecular weight is 294 g/mol. The van der Waals surface area contributed by atoms with Crippen LogP contribution >= 0.6 is 11.6 Å². The first-order chi connectivity index (χ1) is 9.47. The monoisotopic (exact) mass is 293 g/mol. The summed E-state index contributed by atoms with van der Waals surface area (Å²) in [6.07, 6.45) is 0. The van der Waals surface area contributed by atoms with E-state index in [4.69, 9.17) is 17.3 Å². The van der Waals surface area contributed by atoms with Crippen molar-refractivity contribution in [3.63, 3.8) is 0 Å². The Morgan fingerprint density at radius 2 is 1.95 bits per heavy atom. The van der Waals surface area contributed by atoms with E-state index in [0.717, 1.165) is 0 Å². The molecule has 0 fully saturated rings. The summed E-state index contributed by atoms with van der Waals surface area (Å²) in [6.45, 7) is 1.75. The van der Waals surface area contributed by atoms with E-state index >= 15 is 0 Å². The number of nitrogens with zero attached hydrogens (tertiary/aromatic N) is 2. The lowest BCUT2D eigenvalue weighted by Crippen LogP contribution is -2.03. The number of halogens is 3. The molecule has 0 spiro atoms. The molecule has 2 N–H and O–H groups in total. The van der Waals surface area contributed by atoms with Crippen molar-refractivity contribution in [3.8, 4) is 5.69 Å². The van der Waals surface area contributed by atoms with Gasteiger partial charge in [0.1, 0.15) is 11.6 Å². The average Bonchev–Trinajstić information content (AvgIpc) is 2.66. The molecule has 0 aliphatic heterocycles. The zero-order valence-corrected chi connectivity index (χ0v) is 11.2. The van der Waals surface area contributed by atoms with Crippen LogP contribution in [0.2, 0.25) is 5.02 Å². The van der Waals surface area contributed by atoms with Crippen molar-refractivity contribution in [1.29, 1.82) is 0 Å². The zero-order valence-electron chi connectivity index (χ0n) is 10.5. The molecule has 0 radical (unpaired) electrons. The minimum atomic E-state index is -0.555. The summed E-state index contributed by atoms with van der Waals surface area (Å²) in [4.78, 5) is 4.15. The summed E-state index contributed by atoms with van der Waals surface area (Å²) in [5.41, 5.74) is 8.17. The Hall–Kier alpha value is -2.14. The van der Waals surface area contributed by atoms with Crippen LogP contribution in [0.25, 0.3) is 16.7 Å². The molecule has 0 aliphatic carbocycles. The second kappa shape index (κ2) is 4.45. The van der Waals surface area contributed by atoms with Gasteiger partial charge >= 0.3 is 0 Å². The molecule has 0 bridgehead atoms. The molecule has 3 rings (SSSR count). The van der Waals surface area contributed by atoms with E-state index in [9.17, 15) is 8.78 Å². The quantitative estimate of drug-likeness (QED) is 0.740. The van der Waals surface area contributed by atoms with Crippen LogP contribution < -0.4 is 5.73 Å². The summed E-state index contributed by atoms with van der Waals surface area (Å²) in [5.74, 6) is -0.708. The Morgan fingerprint density at radius 1 is 1.20 bits per heavy atom. The molecule has 102 valence electrons. The number of nitrogens with two attached hydrogens (primary N) is 1. The fraction of sp³-hybridized carbons (Fsp3) is 0.0714. The number of nitrogen functional groups attached to an aromatic ring is 1. The smallest absolute Gasteiger partial charge is 0.205 e. The van der Waals surface area contributed by atoms with Gasteiger partial charge in [0, 0.05) is 6.07 Å². The maximum Gasteiger partial charge on any atom is 0.205 e. The van der Waals surface area contributed by atoms with Crippen molar-refractivity contribution < 1.29 is 8.78 Å². The molecule has 1 aromatic heterocycles. The predicted molar refractivity (Wildman–Crippen MR) is 75.1 cm³/mol. The van der Waals surface area contributed by atoms with E-state index in [1.807, 2.05) is 0 Å². The van der Waals surface area contributed by atoms with E-state index in [1.54, 1.807) is 17.6 Å². The topological polar surface area (TPSA) is 43.8 Å². The predicted octanol–water partition coefficient (Wildman–Crippen LogP) is 3.85. The number of benzene rings is 2. The van der Waals surface area contributed by atoms with Crippen molar-refractivity contribution in [2.45, 2.75) is 6.92 Å². The van der Waals surface area contributed by atoms with Crippen molar-refractivity contribution in [1.82, 2.24) is 9.55 Å². The summed E-state index contributed by atoms with van der Waals surface area (Å²) in [5, 5.41) is -0.0158. The van der Waals surface area contributed by atoms with Crippen molar-refractivity contribution >= 4 is 28.6 Å². The SMILES string of the molecule is Cc1cc(F)ccc1-n1c(N)nc2cc(Cl)c(F)cc21. The van der Waals surface area contributed by atoms with E-state index in [2.05, 4.69) is 4.98 Å². The molecular weight excluding hydrogens is 284 g/mol. The number of aromatic nitrogens is 2. The van der Waals surface area contributed by atoms with Crippen molar-refractivity contribution in [2.75, 3.05) is 5.73 Å². The van der Waals surface area contributed by atoms with E-state index in [0.29, 0.717) is 22.3 Å². The lowest BCUT2D eigenvalue weighted by Gasteiger charge is -2.10. The largest absolute Gasteiger partial charge is 0.369 e. The number of hydrogen-bond acceptors (Lipinski definition) is 2. The highest BCUT2D eigenvalue weighted by molar-refractivity contribution is 6.31. The first-order valence-corrected chi connectivity index (χ1v) is 6.24. The first kappa shape index (κ1) is 12.9. The van der Waals surface area contributed by atoms with Gasteiger partial charge in [-0.2, -0.15) is 0 Å². The molecule has 3 nitrogen and oxygen atoms in total. The van der Waals surface area contributed by atoms with Gasteiger partial charge in [-0.15, -0.1) is 0 Å². The maximum atomic E-state index is 13.6. The van der Waals surface area contributed by atoms with Gasteiger partial charge in [-0.05, 0) is 36.8 Å². The van der Waals surface area contributed by atoms with Crippen LogP contribution in [0, 0.1) is 18.6 Å². The standard InChI is InChI=1S/C14H10ClF2N3/c1-7-4-8(16)2-3-12(7)20-13-6-10(17)9(15)5-11(13)19-14(20)18/h2-6H,1H3,(H2,18,19). The van der Waals surface area contributed by atoms with E-state index in [-0.39, 0.29) is 16.8 Å². The number of fused-ring (bicyclic) bond motifs is 1. The first-order valence-electron chi connectivity index (χ1n) is 5.87. The third-order valence-electron chi connectivity index (χ3n) is 3.12. The van der Waals surface area contributed by atoms with E-state index in [1.165, 1.54) is 24.3 Å². The molecule has 0 amide bonds. The minimum Gasteiger partial charge on any atom is -0.369 e. The molecule has 0 saturated carbocycles. The summed E-state index contributed by atoms with van der Waals surface area (Å²) in [7, 11) is 0. The fourth-order valence-corrected chi connectivity index (χ4v) is 2.37. The van der Waals surface area contributed by atoms with Gasteiger partial charge in [0.2, 0.25) is 5.95 Å². The summed E-state index contributed by atoms with van der Waals surface area (Å²) < 4.78 is 28.4. The van der Waals surface area contributed by atoms with Crippen LogP contribution in [0.5, 0.6) is 0 Å². The highest BCUT2D eigenvalue weighted by Crippen LogP contribution is 2.29. The van der Waals surface area contributed by atoms with Gasteiger partial charge < -0.3 is 5.73 Å². The molecule has 3 aromatic rings. The van der Waals surface area contributed by atoms with Gasteiger partial charge in [0.15, 0.2) is 0 Å². The van der Waals surface area contributed by atoms with E-state index < -0.39 is 5.82 Å². The molecular formula is C14H10ClF2N3. The second-order valence-electron chi connectivity index (χ2n) is 4.49. The molecule has 0 aliphatic rings. The lowest BCUT2D eigenvalue weighted by molar-refractivity contribution is 0.625. The maximum absolute atomic E-state index is 13.6. The Kier molecular flexibility index (Phi) is 2.87. The van der Waals surface area contributed by atoms with Gasteiger partial charge in [-0.1, -0.05) is 11.6 Å². The highest BCUT2D eigenvalue weighted by Gasteiger charge is 2.14. The van der Waals surface area contributed by atoms with Gasteiger partial charge in [-0.25, -0.2) is 13.8 Å². The molecule has 6 heteroatoms. The zero-order chi connectivity index (χ0) is 14.4. The third kappa shape index (κ3) is 1.91. The Bertz CT molecular complexity index is 827. The highest BCUT2D eigenvalue weighted by atomic mass is 35.5. The van der Waals surface area contributed by atoms with Gasteiger partial charge in [0.25, 0.3) is 0 Å². The molecule has 0 unspecified atom stereocenters. The molecule has 0 saturated heterocycles. The van der Waals surface area contributed by atoms with Crippen LogP contribution in [0.3, 0.4) is 0 Å². The van der Waals surface area contributed by atoms with Crippen molar-refractivity contribution in [3.05, 3.63) is 52.6 Å². The molecule has 2 aromatic carbocycles. The molecule has 1 heterocycles. The van der Waals surface area contributed by atoms with Crippen LogP contribution in [0.4, 0.5) is 14.7 Å². The number of aryl methyl sites for hydroxylation is 1. The summed E-state index contributed by atoms with van der Waals surface area (Å²) in [6, 6.07) is 6.96. The normalized spacial score (nSPS) is 11.2. The van der Waals surface area contributed by atoms with Gasteiger partial charge in [-0.3, -0.25) is 4.57 Å². The number of imidazole rings is 1. The number of rotatable bonds is 1. The number of anilines is 1. The van der Waals surface area contributed by atoms with Crippen molar-refractivity contribution in [2.24, 2.45) is 0 Å². The summed E-state index contributed by atoms with van der Waals surface area (Å²) >= 11 is 5.73. The Balaban J connectivity index is 2.35. The van der Waals surface area contributed by atoms with Crippen LogP contribution in [0.1, 0.15) is 5.56 Å². The molecule has 0 atom stereocenters. The van der Waals surface area contributed by atoms with Crippen LogP contribution in [-0.2, 0) is 0 Å². The minimum absolute atomic E-state index is 0.0158.